The van der Waals surface area contributed by atoms with Crippen molar-refractivity contribution in [2.45, 2.75) is 31.3 Å². The number of hydrogen-bond donors (Lipinski definition) is 3. The molecule has 1 saturated carbocycles. The number of aromatic nitrogens is 4. The SMILES string of the molecule is Oc1cc(-c2cn[nH]c2)c(F)cc1-c1ccc(N2CC[C@H](NC3CC3)C2)nn1. The zero-order valence-corrected chi connectivity index (χ0v) is 15.3. The molecule has 0 amide bonds. The van der Waals surface area contributed by atoms with Crippen molar-refractivity contribution in [3.8, 4) is 28.1 Å². The molecule has 3 N–H and O–H groups in total. The number of hydrogen-bond acceptors (Lipinski definition) is 6. The average molecular weight is 380 g/mol. The molecule has 144 valence electrons. The first-order valence-corrected chi connectivity index (χ1v) is 9.54. The fourth-order valence-electron chi connectivity index (χ4n) is 3.71. The fraction of sp³-hybridized carbons (Fsp3) is 0.350. The van der Waals surface area contributed by atoms with Gasteiger partial charge in [-0.2, -0.15) is 5.10 Å². The maximum absolute atomic E-state index is 14.5. The molecular formula is C20H21FN6O. The monoisotopic (exact) mass is 380 g/mol. The van der Waals surface area contributed by atoms with Crippen molar-refractivity contribution < 1.29 is 9.50 Å². The van der Waals surface area contributed by atoms with Crippen molar-refractivity contribution >= 4 is 5.82 Å². The summed E-state index contributed by atoms with van der Waals surface area (Å²) in [6, 6.07) is 7.52. The molecule has 28 heavy (non-hydrogen) atoms. The number of phenolic OH excluding ortho intramolecular Hbond substituents is 1. The van der Waals surface area contributed by atoms with Gasteiger partial charge in [-0.05, 0) is 43.5 Å². The summed E-state index contributed by atoms with van der Waals surface area (Å²) in [6.07, 6.45) is 6.75. The van der Waals surface area contributed by atoms with Crippen LogP contribution in [-0.2, 0) is 0 Å². The van der Waals surface area contributed by atoms with E-state index in [1.54, 1.807) is 12.3 Å². The first-order chi connectivity index (χ1) is 13.7. The van der Waals surface area contributed by atoms with E-state index in [4.69, 9.17) is 0 Å². The van der Waals surface area contributed by atoms with Gasteiger partial charge >= 0.3 is 0 Å². The van der Waals surface area contributed by atoms with Crippen LogP contribution in [0.4, 0.5) is 10.2 Å². The average Bonchev–Trinajstić information content (AvgIpc) is 3.17. The highest BCUT2D eigenvalue weighted by Gasteiger charge is 2.29. The zero-order valence-electron chi connectivity index (χ0n) is 15.3. The first kappa shape index (κ1) is 17.1. The Labute approximate surface area is 161 Å². The molecule has 7 nitrogen and oxygen atoms in total. The van der Waals surface area contributed by atoms with Crippen LogP contribution in [0, 0.1) is 5.82 Å². The van der Waals surface area contributed by atoms with Gasteiger partial charge in [0.25, 0.3) is 0 Å². The minimum atomic E-state index is -0.450. The van der Waals surface area contributed by atoms with Gasteiger partial charge in [0.2, 0.25) is 0 Å². The van der Waals surface area contributed by atoms with E-state index < -0.39 is 5.82 Å². The standard InChI is InChI=1S/C20H21FN6O/c21-17-7-16(19(28)8-15(17)12-9-22-23-10-12)18-3-4-20(26-25-18)27-6-5-14(11-27)24-13-1-2-13/h3-4,7-10,13-14,24,28H,1-2,5-6,11H2,(H,22,23)/t14-/m0/s1. The van der Waals surface area contributed by atoms with Crippen LogP contribution in [0.25, 0.3) is 22.4 Å². The van der Waals surface area contributed by atoms with Gasteiger partial charge in [0, 0.05) is 48.1 Å². The van der Waals surface area contributed by atoms with Crippen molar-refractivity contribution in [2.75, 3.05) is 18.0 Å². The third-order valence-electron chi connectivity index (χ3n) is 5.38. The van der Waals surface area contributed by atoms with Gasteiger partial charge in [-0.15, -0.1) is 10.2 Å². The van der Waals surface area contributed by atoms with Crippen LogP contribution in [-0.4, -0.2) is 50.7 Å². The largest absolute Gasteiger partial charge is 0.507 e. The number of aromatic amines is 1. The summed E-state index contributed by atoms with van der Waals surface area (Å²) in [6.45, 7) is 1.86. The molecule has 2 fully saturated rings. The Balaban J connectivity index is 1.35. The maximum Gasteiger partial charge on any atom is 0.151 e. The Bertz CT molecular complexity index is 971. The van der Waals surface area contributed by atoms with Crippen molar-refractivity contribution in [1.82, 2.24) is 25.7 Å². The number of H-pyrrole nitrogens is 1. The highest BCUT2D eigenvalue weighted by molar-refractivity contribution is 5.74. The number of nitrogens with zero attached hydrogens (tertiary/aromatic N) is 4. The van der Waals surface area contributed by atoms with E-state index in [0.717, 1.165) is 25.3 Å². The van der Waals surface area contributed by atoms with Crippen LogP contribution in [0.5, 0.6) is 5.75 Å². The third kappa shape index (κ3) is 3.31. The second kappa shape index (κ2) is 6.87. The lowest BCUT2D eigenvalue weighted by Gasteiger charge is -2.17. The van der Waals surface area contributed by atoms with Crippen LogP contribution in [0.1, 0.15) is 19.3 Å². The lowest BCUT2D eigenvalue weighted by atomic mass is 10.0. The second-order valence-corrected chi connectivity index (χ2v) is 7.49. The van der Waals surface area contributed by atoms with E-state index in [2.05, 4.69) is 30.6 Å². The summed E-state index contributed by atoms with van der Waals surface area (Å²) < 4.78 is 14.5. The molecular weight excluding hydrogens is 359 g/mol. The van der Waals surface area contributed by atoms with E-state index in [1.807, 2.05) is 6.07 Å². The second-order valence-electron chi connectivity index (χ2n) is 7.49. The highest BCUT2D eigenvalue weighted by Crippen LogP contribution is 2.34. The van der Waals surface area contributed by atoms with Crippen LogP contribution >= 0.6 is 0 Å². The molecule has 1 aliphatic heterocycles. The lowest BCUT2D eigenvalue weighted by molar-refractivity contribution is 0.475. The van der Waals surface area contributed by atoms with Crippen LogP contribution in [0.3, 0.4) is 0 Å². The number of phenols is 1. The molecule has 5 rings (SSSR count). The molecule has 1 aromatic carbocycles. The van der Waals surface area contributed by atoms with Crippen LogP contribution in [0.15, 0.2) is 36.7 Å². The van der Waals surface area contributed by atoms with Gasteiger partial charge in [-0.3, -0.25) is 5.10 Å². The molecule has 2 aliphatic rings. The normalized spacial score (nSPS) is 19.3. The molecule has 8 heteroatoms. The van der Waals surface area contributed by atoms with Crippen LogP contribution < -0.4 is 10.2 Å². The molecule has 3 heterocycles. The molecule has 0 bridgehead atoms. The number of halogens is 1. The summed E-state index contributed by atoms with van der Waals surface area (Å²) in [5.74, 6) is 0.307. The Kier molecular flexibility index (Phi) is 4.20. The highest BCUT2D eigenvalue weighted by atomic mass is 19.1. The number of aromatic hydroxyl groups is 1. The molecule has 2 aromatic heterocycles. The van der Waals surface area contributed by atoms with Crippen molar-refractivity contribution in [2.24, 2.45) is 0 Å². The molecule has 1 atom stereocenters. The molecule has 1 aliphatic carbocycles. The molecule has 0 radical (unpaired) electrons. The van der Waals surface area contributed by atoms with E-state index >= 15 is 0 Å². The zero-order chi connectivity index (χ0) is 19.1. The molecule has 3 aromatic rings. The van der Waals surface area contributed by atoms with Gasteiger partial charge in [-0.1, -0.05) is 0 Å². The number of anilines is 1. The van der Waals surface area contributed by atoms with Gasteiger partial charge in [0.1, 0.15) is 11.6 Å². The van der Waals surface area contributed by atoms with E-state index in [9.17, 15) is 9.50 Å². The van der Waals surface area contributed by atoms with Crippen molar-refractivity contribution in [1.29, 1.82) is 0 Å². The third-order valence-corrected chi connectivity index (χ3v) is 5.38. The van der Waals surface area contributed by atoms with Gasteiger partial charge < -0.3 is 15.3 Å². The summed E-state index contributed by atoms with van der Waals surface area (Å²) in [4.78, 5) is 2.21. The summed E-state index contributed by atoms with van der Waals surface area (Å²) in [5.41, 5.74) is 1.61. The minimum Gasteiger partial charge on any atom is -0.507 e. The molecule has 0 unspecified atom stereocenters. The summed E-state index contributed by atoms with van der Waals surface area (Å²) in [5, 5.41) is 29.0. The smallest absolute Gasteiger partial charge is 0.151 e. The van der Waals surface area contributed by atoms with Gasteiger partial charge in [0.05, 0.1) is 11.9 Å². The molecule has 1 saturated heterocycles. The minimum absolute atomic E-state index is 0.0467. The van der Waals surface area contributed by atoms with Crippen molar-refractivity contribution in [3.05, 3.63) is 42.5 Å². The maximum atomic E-state index is 14.5. The quantitative estimate of drug-likeness (QED) is 0.631. The number of benzene rings is 1. The Hall–Kier alpha value is -3.00. The van der Waals surface area contributed by atoms with E-state index in [-0.39, 0.29) is 11.3 Å². The fourth-order valence-corrected chi connectivity index (χ4v) is 3.71. The predicted octanol–water partition coefficient (Wildman–Crippen LogP) is 2.71. The Morgan fingerprint density at radius 2 is 2.00 bits per heavy atom. The van der Waals surface area contributed by atoms with Crippen LogP contribution in [0.2, 0.25) is 0 Å². The van der Waals surface area contributed by atoms with Crippen molar-refractivity contribution in [3.63, 3.8) is 0 Å². The van der Waals surface area contributed by atoms with E-state index in [0.29, 0.717) is 28.9 Å². The number of rotatable bonds is 5. The summed E-state index contributed by atoms with van der Waals surface area (Å²) >= 11 is 0. The van der Waals surface area contributed by atoms with Gasteiger partial charge in [0.15, 0.2) is 5.82 Å². The topological polar surface area (TPSA) is 90.0 Å². The predicted molar refractivity (Wildman–Crippen MR) is 103 cm³/mol. The first-order valence-electron chi connectivity index (χ1n) is 9.54. The lowest BCUT2D eigenvalue weighted by Crippen LogP contribution is -2.34. The summed E-state index contributed by atoms with van der Waals surface area (Å²) in [7, 11) is 0. The van der Waals surface area contributed by atoms with Gasteiger partial charge in [-0.25, -0.2) is 4.39 Å². The Morgan fingerprint density at radius 1 is 1.11 bits per heavy atom. The van der Waals surface area contributed by atoms with E-state index in [1.165, 1.54) is 31.2 Å². The Morgan fingerprint density at radius 3 is 2.71 bits per heavy atom. The number of nitrogens with one attached hydrogen (secondary N) is 2. The molecule has 0 spiro atoms.